The van der Waals surface area contributed by atoms with Crippen LogP contribution in [-0.4, -0.2) is 4.57 Å². The second-order valence-corrected chi connectivity index (χ2v) is 13.0. The van der Waals surface area contributed by atoms with Gasteiger partial charge in [-0.25, -0.2) is 0 Å². The van der Waals surface area contributed by atoms with Gasteiger partial charge in [-0.1, -0.05) is 123 Å². The lowest BCUT2D eigenvalue weighted by atomic mass is 9.82. The van der Waals surface area contributed by atoms with E-state index >= 15 is 0 Å². The van der Waals surface area contributed by atoms with Gasteiger partial charge in [0.15, 0.2) is 0 Å². The third-order valence-corrected chi connectivity index (χ3v) is 10.0. The van der Waals surface area contributed by atoms with Crippen molar-refractivity contribution < 1.29 is 0 Å². The predicted molar refractivity (Wildman–Crippen MR) is 201 cm³/mol. The van der Waals surface area contributed by atoms with Crippen LogP contribution in [0.25, 0.3) is 44.2 Å². The molecule has 2 nitrogen and oxygen atoms in total. The molecule has 0 bridgehead atoms. The number of para-hydroxylation sites is 2. The Balaban J connectivity index is 1.39. The van der Waals surface area contributed by atoms with Crippen molar-refractivity contribution >= 4 is 44.4 Å². The average molecular weight is 607 g/mol. The summed E-state index contributed by atoms with van der Waals surface area (Å²) < 4.78 is 2.40. The average Bonchev–Trinajstić information content (AvgIpc) is 3.53. The van der Waals surface area contributed by atoms with Crippen molar-refractivity contribution in [1.82, 2.24) is 4.57 Å². The first-order chi connectivity index (χ1) is 23.0. The van der Waals surface area contributed by atoms with Crippen LogP contribution < -0.4 is 4.90 Å². The molecule has 1 aliphatic carbocycles. The smallest absolute Gasteiger partial charge is 0.0561 e. The number of hydrogen-bond acceptors (Lipinski definition) is 1. The Labute approximate surface area is 277 Å². The van der Waals surface area contributed by atoms with Crippen LogP contribution in [0.2, 0.25) is 0 Å². The van der Waals surface area contributed by atoms with E-state index in [0.717, 1.165) is 22.7 Å². The highest BCUT2D eigenvalue weighted by Crippen LogP contribution is 2.49. The Morgan fingerprint density at radius 2 is 1.21 bits per heavy atom. The first-order valence-electron chi connectivity index (χ1n) is 16.5. The van der Waals surface area contributed by atoms with Crippen LogP contribution in [0.5, 0.6) is 0 Å². The van der Waals surface area contributed by atoms with Gasteiger partial charge in [0, 0.05) is 38.9 Å². The minimum absolute atomic E-state index is 0.0176. The summed E-state index contributed by atoms with van der Waals surface area (Å²) in [7, 11) is 0. The highest BCUT2D eigenvalue weighted by atomic mass is 15.1. The van der Waals surface area contributed by atoms with Crippen LogP contribution in [0.15, 0.2) is 163 Å². The standard InChI is InChI=1S/C45H38N2/c1-5-15-38-31(2)45(3,4)42-27-25-36(29-41(38)42)46(35-21-14-18-33(28-35)32-16-8-6-9-17-32)37-24-26-40-39-22-12-13-23-43(39)47(44(40)30-37)34-19-10-7-11-20-34/h5-30H,1-4H3/b15-5-. The third kappa shape index (κ3) is 4.72. The van der Waals surface area contributed by atoms with Crippen LogP contribution in [0.1, 0.15) is 38.8 Å². The molecule has 1 aromatic heterocycles. The Kier molecular flexibility index (Phi) is 6.95. The van der Waals surface area contributed by atoms with E-state index in [1.54, 1.807) is 0 Å². The van der Waals surface area contributed by atoms with E-state index in [9.17, 15) is 0 Å². The highest BCUT2D eigenvalue weighted by molar-refractivity contribution is 6.10. The van der Waals surface area contributed by atoms with E-state index in [4.69, 9.17) is 0 Å². The molecule has 7 aromatic rings. The van der Waals surface area contributed by atoms with Crippen molar-refractivity contribution in [3.8, 4) is 16.8 Å². The van der Waals surface area contributed by atoms with Gasteiger partial charge in [-0.2, -0.15) is 0 Å². The Hall–Kier alpha value is -5.60. The molecule has 2 heteroatoms. The summed E-state index contributed by atoms with van der Waals surface area (Å²) in [5.41, 5.74) is 14.7. The summed E-state index contributed by atoms with van der Waals surface area (Å²) in [5.74, 6) is 0. The molecular formula is C45H38N2. The van der Waals surface area contributed by atoms with E-state index < -0.39 is 0 Å². The van der Waals surface area contributed by atoms with E-state index in [2.05, 4.69) is 195 Å². The fraction of sp³-hybridized carbons (Fsp3) is 0.111. The molecule has 0 atom stereocenters. The van der Waals surface area contributed by atoms with Gasteiger partial charge in [0.1, 0.15) is 0 Å². The molecule has 0 saturated heterocycles. The SMILES string of the molecule is C/C=C\C1=C(C)C(C)(C)c2ccc(N(c3cccc(-c4ccccc4)c3)c3ccc4c5ccccc5n(-c5ccccc5)c4c3)cc21. The molecule has 6 aromatic carbocycles. The molecule has 0 unspecified atom stereocenters. The molecule has 0 radical (unpaired) electrons. The summed E-state index contributed by atoms with van der Waals surface area (Å²) in [4.78, 5) is 2.42. The van der Waals surface area contributed by atoms with Gasteiger partial charge in [-0.15, -0.1) is 0 Å². The van der Waals surface area contributed by atoms with E-state index in [1.807, 2.05) is 0 Å². The maximum Gasteiger partial charge on any atom is 0.0561 e. The highest BCUT2D eigenvalue weighted by Gasteiger charge is 2.35. The molecule has 228 valence electrons. The van der Waals surface area contributed by atoms with Crippen LogP contribution in [-0.2, 0) is 5.41 Å². The van der Waals surface area contributed by atoms with Gasteiger partial charge in [0.05, 0.1) is 11.0 Å². The Bertz CT molecular complexity index is 2340. The summed E-state index contributed by atoms with van der Waals surface area (Å²) >= 11 is 0. The molecule has 0 fully saturated rings. The minimum atomic E-state index is -0.0176. The number of benzene rings is 6. The molecule has 0 amide bonds. The second-order valence-electron chi connectivity index (χ2n) is 13.0. The lowest BCUT2D eigenvalue weighted by molar-refractivity contribution is 0.639. The molecular weight excluding hydrogens is 569 g/mol. The normalized spacial score (nSPS) is 14.0. The van der Waals surface area contributed by atoms with Crippen molar-refractivity contribution in [2.24, 2.45) is 0 Å². The number of anilines is 3. The van der Waals surface area contributed by atoms with Gasteiger partial charge >= 0.3 is 0 Å². The summed E-state index contributed by atoms with van der Waals surface area (Å²) in [6, 6.07) is 53.0. The Morgan fingerprint density at radius 1 is 0.574 bits per heavy atom. The monoisotopic (exact) mass is 606 g/mol. The number of allylic oxidation sites excluding steroid dienone is 4. The van der Waals surface area contributed by atoms with Crippen LogP contribution in [0.3, 0.4) is 0 Å². The lowest BCUT2D eigenvalue weighted by Gasteiger charge is -2.28. The number of rotatable bonds is 6. The first-order valence-corrected chi connectivity index (χ1v) is 16.5. The zero-order valence-corrected chi connectivity index (χ0v) is 27.4. The summed E-state index contributed by atoms with van der Waals surface area (Å²) in [6.45, 7) is 9.08. The first kappa shape index (κ1) is 28.8. The van der Waals surface area contributed by atoms with Gasteiger partial charge in [0.2, 0.25) is 0 Å². The maximum absolute atomic E-state index is 2.42. The maximum atomic E-state index is 2.42. The lowest BCUT2D eigenvalue weighted by Crippen LogP contribution is -2.16. The Morgan fingerprint density at radius 3 is 2.00 bits per heavy atom. The largest absolute Gasteiger partial charge is 0.310 e. The fourth-order valence-corrected chi connectivity index (χ4v) is 7.42. The number of hydrogen-bond donors (Lipinski definition) is 0. The zero-order valence-electron chi connectivity index (χ0n) is 27.4. The topological polar surface area (TPSA) is 8.17 Å². The van der Waals surface area contributed by atoms with Crippen molar-refractivity contribution in [3.05, 3.63) is 174 Å². The van der Waals surface area contributed by atoms with E-state index in [-0.39, 0.29) is 5.41 Å². The second kappa shape index (κ2) is 11.3. The third-order valence-electron chi connectivity index (χ3n) is 10.0. The van der Waals surface area contributed by atoms with Gasteiger partial charge in [0.25, 0.3) is 0 Å². The fourth-order valence-electron chi connectivity index (χ4n) is 7.42. The quantitative estimate of drug-likeness (QED) is 0.183. The van der Waals surface area contributed by atoms with Crippen molar-refractivity contribution in [2.45, 2.75) is 33.1 Å². The van der Waals surface area contributed by atoms with Gasteiger partial charge < -0.3 is 9.47 Å². The predicted octanol–water partition coefficient (Wildman–Crippen LogP) is 12.6. The van der Waals surface area contributed by atoms with Gasteiger partial charge in [-0.05, 0) is 96.3 Å². The minimum Gasteiger partial charge on any atom is -0.310 e. The van der Waals surface area contributed by atoms with Crippen LogP contribution >= 0.6 is 0 Å². The van der Waals surface area contributed by atoms with E-state index in [0.29, 0.717) is 0 Å². The molecule has 0 aliphatic heterocycles. The zero-order chi connectivity index (χ0) is 32.1. The molecule has 8 rings (SSSR count). The molecule has 1 heterocycles. The molecule has 47 heavy (non-hydrogen) atoms. The summed E-state index contributed by atoms with van der Waals surface area (Å²) in [5, 5.41) is 2.50. The van der Waals surface area contributed by atoms with Crippen molar-refractivity contribution in [1.29, 1.82) is 0 Å². The summed E-state index contributed by atoms with van der Waals surface area (Å²) in [6.07, 6.45) is 4.44. The molecule has 0 saturated carbocycles. The number of fused-ring (bicyclic) bond motifs is 4. The molecule has 0 spiro atoms. The van der Waals surface area contributed by atoms with E-state index in [1.165, 1.54) is 55.2 Å². The number of nitrogens with zero attached hydrogens (tertiary/aromatic N) is 2. The van der Waals surface area contributed by atoms with Gasteiger partial charge in [-0.3, -0.25) is 0 Å². The van der Waals surface area contributed by atoms with Crippen molar-refractivity contribution in [2.75, 3.05) is 4.90 Å². The number of aromatic nitrogens is 1. The van der Waals surface area contributed by atoms with Crippen LogP contribution in [0.4, 0.5) is 17.1 Å². The molecule has 1 aliphatic rings. The van der Waals surface area contributed by atoms with Crippen molar-refractivity contribution in [3.63, 3.8) is 0 Å². The van der Waals surface area contributed by atoms with Crippen LogP contribution in [0, 0.1) is 0 Å². The molecule has 0 N–H and O–H groups in total.